The van der Waals surface area contributed by atoms with Crippen molar-refractivity contribution in [3.05, 3.63) is 0 Å². The molecule has 0 rings (SSSR count). The first kappa shape index (κ1) is 10.6. The molecule has 40 valence electrons. The molecule has 0 aliphatic heterocycles. The number of carboxylic acids is 1. The van der Waals surface area contributed by atoms with Crippen molar-refractivity contribution < 1.29 is 9.90 Å². The number of aliphatic carboxylic acids is 1. The van der Waals surface area contributed by atoms with Crippen LogP contribution in [0.4, 0.5) is 0 Å². The van der Waals surface area contributed by atoms with E-state index in [0.717, 1.165) is 0 Å². The van der Waals surface area contributed by atoms with Gasteiger partial charge in [-0.2, -0.15) is 0 Å². The Morgan fingerprint density at radius 1 is 1.86 bits per heavy atom. The fourth-order valence-electron chi connectivity index (χ4n) is 0. The molecule has 0 saturated carbocycles. The summed E-state index contributed by atoms with van der Waals surface area (Å²) in [5.74, 6) is -0.963. The first-order valence-corrected chi connectivity index (χ1v) is 1.63. The van der Waals surface area contributed by atoms with Crippen molar-refractivity contribution in [3.8, 4) is 0 Å². The van der Waals surface area contributed by atoms with E-state index in [2.05, 4.69) is 0 Å². The van der Waals surface area contributed by atoms with Gasteiger partial charge in [-0.1, -0.05) is 0 Å². The molecule has 0 aromatic heterocycles. The quantitative estimate of drug-likeness (QED) is 0.426. The molecule has 0 aliphatic carbocycles. The summed E-state index contributed by atoms with van der Waals surface area (Å²) in [5, 5.41) is 7.87. The van der Waals surface area contributed by atoms with Crippen LogP contribution in [0.25, 0.3) is 0 Å². The Kier molecular flexibility index (Phi) is 7.35. The number of carbonyl (C=O) groups is 1. The predicted molar refractivity (Wildman–Crippen MR) is 29.8 cm³/mol. The van der Waals surface area contributed by atoms with Crippen LogP contribution in [0.1, 0.15) is 6.92 Å². The molecule has 3 N–H and O–H groups in total. The van der Waals surface area contributed by atoms with Crippen LogP contribution in [-0.4, -0.2) is 54.9 Å². The van der Waals surface area contributed by atoms with Crippen LogP contribution in [0.2, 0.25) is 0 Å². The Balaban J connectivity index is 0. The Labute approximate surface area is 71.9 Å². The van der Waals surface area contributed by atoms with Gasteiger partial charge in [-0.15, -0.1) is 0 Å². The van der Waals surface area contributed by atoms with E-state index in [0.29, 0.717) is 0 Å². The van der Waals surface area contributed by atoms with E-state index in [1.807, 2.05) is 0 Å². The second-order valence-electron chi connectivity index (χ2n) is 1.13. The third-order valence-corrected chi connectivity index (χ3v) is 0.390. The zero-order chi connectivity index (χ0) is 5.15. The molecule has 0 unspecified atom stereocenters. The minimum absolute atomic E-state index is 0. The van der Waals surface area contributed by atoms with Crippen molar-refractivity contribution in [2.45, 2.75) is 13.0 Å². The van der Waals surface area contributed by atoms with Gasteiger partial charge in [0.15, 0.2) is 0 Å². The molecule has 0 fully saturated rings. The van der Waals surface area contributed by atoms with E-state index in [1.54, 1.807) is 0 Å². The van der Waals surface area contributed by atoms with Crippen LogP contribution in [0.3, 0.4) is 0 Å². The van der Waals surface area contributed by atoms with Crippen LogP contribution in [-0.2, 0) is 4.79 Å². The van der Waals surface area contributed by atoms with E-state index in [4.69, 9.17) is 10.8 Å². The topological polar surface area (TPSA) is 63.3 Å². The SMILES string of the molecule is C[C@H](N)C(=O)O.[CaH2]. The van der Waals surface area contributed by atoms with Gasteiger partial charge in [-0.3, -0.25) is 4.79 Å². The Morgan fingerprint density at radius 3 is 2.00 bits per heavy atom. The monoisotopic (exact) mass is 131 g/mol. The second kappa shape index (κ2) is 4.84. The number of rotatable bonds is 1. The summed E-state index contributed by atoms with van der Waals surface area (Å²) in [7, 11) is 0. The molecular weight excluding hydrogens is 122 g/mol. The summed E-state index contributed by atoms with van der Waals surface area (Å²) in [6, 6.07) is -0.731. The van der Waals surface area contributed by atoms with Crippen molar-refractivity contribution in [2.24, 2.45) is 5.73 Å². The van der Waals surface area contributed by atoms with Gasteiger partial charge in [0.1, 0.15) is 6.04 Å². The summed E-state index contributed by atoms with van der Waals surface area (Å²) in [5.41, 5.74) is 4.84. The molecule has 7 heavy (non-hydrogen) atoms. The molecule has 1 atom stereocenters. The Morgan fingerprint density at radius 2 is 2.00 bits per heavy atom. The molecule has 0 heterocycles. The number of hydrogen-bond donors (Lipinski definition) is 2. The van der Waals surface area contributed by atoms with Gasteiger partial charge in [0.25, 0.3) is 0 Å². The van der Waals surface area contributed by atoms with E-state index in [1.165, 1.54) is 6.92 Å². The number of nitrogens with two attached hydrogens (primary N) is 1. The third-order valence-electron chi connectivity index (χ3n) is 0.390. The Bertz CT molecular complexity index is 64.0. The van der Waals surface area contributed by atoms with Crippen molar-refractivity contribution in [1.29, 1.82) is 0 Å². The fraction of sp³-hybridized carbons (Fsp3) is 0.667. The molecule has 0 aliphatic rings. The zero-order valence-electron chi connectivity index (χ0n) is 3.51. The first-order valence-electron chi connectivity index (χ1n) is 1.63. The second-order valence-corrected chi connectivity index (χ2v) is 1.13. The van der Waals surface area contributed by atoms with E-state index < -0.39 is 12.0 Å². The van der Waals surface area contributed by atoms with Crippen LogP contribution in [0.5, 0.6) is 0 Å². The molecule has 0 saturated heterocycles. The van der Waals surface area contributed by atoms with Crippen molar-refractivity contribution in [1.82, 2.24) is 0 Å². The van der Waals surface area contributed by atoms with Crippen molar-refractivity contribution in [3.63, 3.8) is 0 Å². The summed E-state index contributed by atoms with van der Waals surface area (Å²) < 4.78 is 0. The van der Waals surface area contributed by atoms with Gasteiger partial charge < -0.3 is 10.8 Å². The van der Waals surface area contributed by atoms with E-state index in [-0.39, 0.29) is 37.7 Å². The standard InChI is InChI=1S/C3H7NO2.Ca.2H/c1-2(4)3(5)6;;;/h2H,4H2,1H3,(H,5,6);;;/t2-;;;/m0.../s1. The normalized spacial score (nSPS) is 11.7. The van der Waals surface area contributed by atoms with Gasteiger partial charge in [0, 0.05) is 0 Å². The van der Waals surface area contributed by atoms with Crippen molar-refractivity contribution in [2.75, 3.05) is 0 Å². The summed E-state index contributed by atoms with van der Waals surface area (Å²) in [6.45, 7) is 1.42. The van der Waals surface area contributed by atoms with Crippen molar-refractivity contribution >= 4 is 43.7 Å². The predicted octanol–water partition coefficient (Wildman–Crippen LogP) is -1.50. The number of carboxylic acid groups (broad SMARTS) is 1. The zero-order valence-corrected chi connectivity index (χ0v) is 3.51. The molecule has 0 amide bonds. The van der Waals surface area contributed by atoms with Gasteiger partial charge in [-0.05, 0) is 6.92 Å². The van der Waals surface area contributed by atoms with Crippen LogP contribution < -0.4 is 5.73 Å². The summed E-state index contributed by atoms with van der Waals surface area (Å²) in [6.07, 6.45) is 0. The van der Waals surface area contributed by atoms with Crippen LogP contribution >= 0.6 is 0 Å². The molecule has 0 radical (unpaired) electrons. The summed E-state index contributed by atoms with van der Waals surface area (Å²) >= 11 is 0. The fourth-order valence-corrected chi connectivity index (χ4v) is 0. The minimum atomic E-state index is -0.963. The molecule has 0 aromatic carbocycles. The number of hydrogen-bond acceptors (Lipinski definition) is 2. The molecule has 0 spiro atoms. The average Bonchev–Trinajstić information content (AvgIpc) is 1.36. The van der Waals surface area contributed by atoms with Crippen LogP contribution in [0, 0.1) is 0 Å². The first-order chi connectivity index (χ1) is 2.64. The maximum atomic E-state index is 9.57. The van der Waals surface area contributed by atoms with E-state index in [9.17, 15) is 4.79 Å². The molecule has 0 aromatic rings. The van der Waals surface area contributed by atoms with Crippen LogP contribution in [0.15, 0.2) is 0 Å². The maximum absolute atomic E-state index is 9.57. The van der Waals surface area contributed by atoms with Gasteiger partial charge >= 0.3 is 43.7 Å². The third kappa shape index (κ3) is 6.69. The van der Waals surface area contributed by atoms with Gasteiger partial charge in [-0.25, -0.2) is 0 Å². The van der Waals surface area contributed by atoms with Gasteiger partial charge in [0.2, 0.25) is 0 Å². The van der Waals surface area contributed by atoms with E-state index >= 15 is 0 Å². The average molecular weight is 131 g/mol. The Hall–Kier alpha value is 0.690. The molecule has 0 bridgehead atoms. The molecular formula is C3H9CaNO2. The van der Waals surface area contributed by atoms with Gasteiger partial charge in [0.05, 0.1) is 0 Å². The molecule has 3 nitrogen and oxygen atoms in total. The summed E-state index contributed by atoms with van der Waals surface area (Å²) in [4.78, 5) is 9.57. The molecule has 4 heteroatoms.